The van der Waals surface area contributed by atoms with Crippen molar-refractivity contribution in [2.45, 2.75) is 52.2 Å². The third kappa shape index (κ3) is 3.02. The fourth-order valence-electron chi connectivity index (χ4n) is 2.71. The van der Waals surface area contributed by atoms with Crippen molar-refractivity contribution in [3.05, 3.63) is 23.9 Å². The maximum atomic E-state index is 9.18. The van der Waals surface area contributed by atoms with Crippen LogP contribution in [-0.2, 0) is 6.61 Å². The summed E-state index contributed by atoms with van der Waals surface area (Å²) < 4.78 is 0. The first-order chi connectivity index (χ1) is 8.52. The molecule has 1 N–H and O–H groups in total. The predicted molar refractivity (Wildman–Crippen MR) is 74.6 cm³/mol. The Bertz CT molecular complexity index is 393. The van der Waals surface area contributed by atoms with Gasteiger partial charge in [0.05, 0.1) is 6.61 Å². The Kier molecular flexibility index (Phi) is 3.91. The van der Waals surface area contributed by atoms with Crippen molar-refractivity contribution < 1.29 is 5.11 Å². The molecule has 18 heavy (non-hydrogen) atoms. The van der Waals surface area contributed by atoms with Gasteiger partial charge in [-0.2, -0.15) is 0 Å². The Hall–Kier alpha value is -1.09. The Labute approximate surface area is 110 Å². The lowest BCUT2D eigenvalue weighted by Crippen LogP contribution is -2.37. The fraction of sp³-hybridized carbons (Fsp3) is 0.667. The van der Waals surface area contributed by atoms with Gasteiger partial charge in [0.2, 0.25) is 0 Å². The fourth-order valence-corrected chi connectivity index (χ4v) is 2.71. The quantitative estimate of drug-likeness (QED) is 0.893. The first kappa shape index (κ1) is 13.3. The second-order valence-corrected chi connectivity index (χ2v) is 6.19. The van der Waals surface area contributed by atoms with E-state index in [-0.39, 0.29) is 6.61 Å². The van der Waals surface area contributed by atoms with E-state index in [1.165, 1.54) is 25.7 Å². The number of hydrogen-bond acceptors (Lipinski definition) is 3. The van der Waals surface area contributed by atoms with Crippen LogP contribution in [0.1, 0.15) is 45.1 Å². The van der Waals surface area contributed by atoms with E-state index in [0.717, 1.165) is 11.4 Å². The highest BCUT2D eigenvalue weighted by Gasteiger charge is 2.29. The molecule has 2 rings (SSSR count). The van der Waals surface area contributed by atoms with Gasteiger partial charge < -0.3 is 10.0 Å². The van der Waals surface area contributed by atoms with Crippen LogP contribution in [0.3, 0.4) is 0 Å². The molecule has 0 bridgehead atoms. The second-order valence-electron chi connectivity index (χ2n) is 6.19. The molecule has 1 saturated carbocycles. The molecule has 1 aromatic rings. The van der Waals surface area contributed by atoms with Gasteiger partial charge >= 0.3 is 0 Å². The van der Waals surface area contributed by atoms with Crippen molar-refractivity contribution >= 4 is 5.82 Å². The molecule has 0 aliphatic heterocycles. The molecule has 3 heteroatoms. The smallest absolute Gasteiger partial charge is 0.128 e. The van der Waals surface area contributed by atoms with Gasteiger partial charge in [-0.05, 0) is 48.8 Å². The maximum absolute atomic E-state index is 9.18. The van der Waals surface area contributed by atoms with Crippen LogP contribution in [0, 0.1) is 5.41 Å². The summed E-state index contributed by atoms with van der Waals surface area (Å²) in [5, 5.41) is 9.18. The van der Waals surface area contributed by atoms with Crippen LogP contribution in [0.25, 0.3) is 0 Å². The summed E-state index contributed by atoms with van der Waals surface area (Å²) in [5.41, 5.74) is 1.43. The molecule has 1 heterocycles. The molecule has 0 spiro atoms. The van der Waals surface area contributed by atoms with E-state index >= 15 is 0 Å². The van der Waals surface area contributed by atoms with Crippen LogP contribution >= 0.6 is 0 Å². The van der Waals surface area contributed by atoms with Crippen LogP contribution in [0.2, 0.25) is 0 Å². The lowest BCUT2D eigenvalue weighted by Gasteiger charge is -2.39. The van der Waals surface area contributed by atoms with Gasteiger partial charge in [0.15, 0.2) is 0 Å². The number of anilines is 1. The van der Waals surface area contributed by atoms with Crippen LogP contribution in [0.15, 0.2) is 18.3 Å². The van der Waals surface area contributed by atoms with Gasteiger partial charge in [0.25, 0.3) is 0 Å². The second kappa shape index (κ2) is 5.27. The number of aliphatic hydroxyl groups excluding tert-OH is 1. The van der Waals surface area contributed by atoms with E-state index in [0.29, 0.717) is 11.5 Å². The lowest BCUT2D eigenvalue weighted by atomic mass is 9.75. The zero-order valence-corrected chi connectivity index (χ0v) is 11.7. The van der Waals surface area contributed by atoms with E-state index in [2.05, 4.69) is 30.8 Å². The Morgan fingerprint density at radius 1 is 1.39 bits per heavy atom. The van der Waals surface area contributed by atoms with Crippen molar-refractivity contribution in [3.63, 3.8) is 0 Å². The minimum atomic E-state index is 0.0844. The van der Waals surface area contributed by atoms with E-state index in [9.17, 15) is 5.11 Å². The molecule has 100 valence electrons. The van der Waals surface area contributed by atoms with Gasteiger partial charge in [-0.3, -0.25) is 0 Å². The third-order valence-corrected chi connectivity index (χ3v) is 4.21. The average molecular weight is 248 g/mol. The van der Waals surface area contributed by atoms with Crippen LogP contribution in [0.5, 0.6) is 0 Å². The molecule has 1 aliphatic rings. The lowest BCUT2D eigenvalue weighted by molar-refractivity contribution is 0.222. The highest BCUT2D eigenvalue weighted by molar-refractivity contribution is 5.41. The van der Waals surface area contributed by atoms with Gasteiger partial charge in [0, 0.05) is 19.3 Å². The van der Waals surface area contributed by atoms with Crippen molar-refractivity contribution in [2.24, 2.45) is 5.41 Å². The van der Waals surface area contributed by atoms with Crippen molar-refractivity contribution in [2.75, 3.05) is 11.9 Å². The molecule has 0 aromatic carbocycles. The molecule has 0 radical (unpaired) electrons. The number of hydrogen-bond donors (Lipinski definition) is 1. The third-order valence-electron chi connectivity index (χ3n) is 4.21. The molecule has 0 amide bonds. The minimum absolute atomic E-state index is 0.0844. The summed E-state index contributed by atoms with van der Waals surface area (Å²) in [4.78, 5) is 6.69. The SMILES string of the molecule is CN(c1cc(CO)ccn1)C1CCC(C)(C)CC1. The number of nitrogens with zero attached hydrogens (tertiary/aromatic N) is 2. The zero-order chi connectivity index (χ0) is 13.2. The topological polar surface area (TPSA) is 36.4 Å². The van der Waals surface area contributed by atoms with E-state index in [1.807, 2.05) is 12.1 Å². The predicted octanol–water partition coefficient (Wildman–Crippen LogP) is 2.98. The summed E-state index contributed by atoms with van der Waals surface area (Å²) >= 11 is 0. The maximum Gasteiger partial charge on any atom is 0.128 e. The number of rotatable bonds is 3. The number of aliphatic hydroxyl groups is 1. The van der Waals surface area contributed by atoms with Gasteiger partial charge in [-0.15, -0.1) is 0 Å². The molecule has 0 atom stereocenters. The average Bonchev–Trinajstić information content (AvgIpc) is 2.38. The van der Waals surface area contributed by atoms with E-state index in [4.69, 9.17) is 0 Å². The Morgan fingerprint density at radius 2 is 2.06 bits per heavy atom. The molecule has 0 saturated heterocycles. The Balaban J connectivity index is 2.05. The first-order valence-corrected chi connectivity index (χ1v) is 6.80. The molecule has 3 nitrogen and oxygen atoms in total. The molecule has 1 aliphatic carbocycles. The summed E-state index contributed by atoms with van der Waals surface area (Å²) in [5.74, 6) is 0.978. The van der Waals surface area contributed by atoms with E-state index < -0.39 is 0 Å². The molecule has 1 aromatic heterocycles. The molecular weight excluding hydrogens is 224 g/mol. The van der Waals surface area contributed by atoms with Gasteiger partial charge in [-0.1, -0.05) is 13.8 Å². The summed E-state index contributed by atoms with van der Waals surface area (Å²) in [6.45, 7) is 4.79. The standard InChI is InChI=1S/C15H24N2O/c1-15(2)7-4-13(5-8-15)17(3)14-10-12(11-18)6-9-16-14/h6,9-10,13,18H,4-5,7-8,11H2,1-3H3. The number of pyridine rings is 1. The molecule has 0 unspecified atom stereocenters. The highest BCUT2D eigenvalue weighted by Crippen LogP contribution is 2.37. The van der Waals surface area contributed by atoms with Crippen molar-refractivity contribution in [3.8, 4) is 0 Å². The summed E-state index contributed by atoms with van der Waals surface area (Å²) in [6, 6.07) is 4.43. The number of aromatic nitrogens is 1. The summed E-state index contributed by atoms with van der Waals surface area (Å²) in [7, 11) is 2.12. The minimum Gasteiger partial charge on any atom is -0.392 e. The van der Waals surface area contributed by atoms with Crippen molar-refractivity contribution in [1.29, 1.82) is 0 Å². The molecule has 1 fully saturated rings. The van der Waals surface area contributed by atoms with E-state index in [1.54, 1.807) is 6.20 Å². The Morgan fingerprint density at radius 3 is 2.67 bits per heavy atom. The van der Waals surface area contributed by atoms with Gasteiger partial charge in [0.1, 0.15) is 5.82 Å². The van der Waals surface area contributed by atoms with Crippen LogP contribution in [0.4, 0.5) is 5.82 Å². The first-order valence-electron chi connectivity index (χ1n) is 6.80. The summed E-state index contributed by atoms with van der Waals surface area (Å²) in [6.07, 6.45) is 6.80. The van der Waals surface area contributed by atoms with Crippen molar-refractivity contribution in [1.82, 2.24) is 4.98 Å². The molecular formula is C15H24N2O. The highest BCUT2D eigenvalue weighted by atomic mass is 16.3. The van der Waals surface area contributed by atoms with Crippen LogP contribution in [-0.4, -0.2) is 23.2 Å². The normalized spacial score (nSPS) is 19.8. The van der Waals surface area contributed by atoms with Gasteiger partial charge in [-0.25, -0.2) is 4.98 Å². The zero-order valence-electron chi connectivity index (χ0n) is 11.7. The largest absolute Gasteiger partial charge is 0.392 e. The van der Waals surface area contributed by atoms with Crippen LogP contribution < -0.4 is 4.90 Å². The monoisotopic (exact) mass is 248 g/mol.